The van der Waals surface area contributed by atoms with Crippen molar-refractivity contribution in [2.45, 2.75) is 44.2 Å². The van der Waals surface area contributed by atoms with E-state index in [-0.39, 0.29) is 22.9 Å². The molecule has 136 valence electrons. The summed E-state index contributed by atoms with van der Waals surface area (Å²) >= 11 is 6.35. The molecule has 1 amide bonds. The summed E-state index contributed by atoms with van der Waals surface area (Å²) < 4.78 is 1.44. The van der Waals surface area contributed by atoms with E-state index in [1.807, 2.05) is 0 Å². The van der Waals surface area contributed by atoms with Gasteiger partial charge in [-0.15, -0.1) is 5.10 Å². The Morgan fingerprint density at radius 1 is 1.23 bits per heavy atom. The number of carboxylic acid groups (broad SMARTS) is 1. The van der Waals surface area contributed by atoms with Crippen LogP contribution in [0.25, 0.3) is 5.69 Å². The molecule has 2 aliphatic rings. The highest BCUT2D eigenvalue weighted by molar-refractivity contribution is 6.34. The number of hydrogen-bond acceptors (Lipinski definition) is 5. The zero-order valence-corrected chi connectivity index (χ0v) is 14.7. The van der Waals surface area contributed by atoms with Crippen molar-refractivity contribution in [3.63, 3.8) is 0 Å². The third-order valence-corrected chi connectivity index (χ3v) is 5.72. The molecule has 1 aliphatic heterocycles. The molecule has 2 heterocycles. The molecule has 26 heavy (non-hydrogen) atoms. The van der Waals surface area contributed by atoms with Crippen LogP contribution in [0.2, 0.25) is 5.02 Å². The Bertz CT molecular complexity index is 841. The van der Waals surface area contributed by atoms with Gasteiger partial charge in [0.15, 0.2) is 0 Å². The number of aromatic nitrogens is 4. The molecule has 9 heteroatoms. The third kappa shape index (κ3) is 2.84. The fraction of sp³-hybridized carbons (Fsp3) is 0.471. The van der Waals surface area contributed by atoms with Crippen LogP contribution in [0.5, 0.6) is 0 Å². The van der Waals surface area contributed by atoms with Gasteiger partial charge in [-0.3, -0.25) is 4.79 Å². The number of rotatable bonds is 3. The minimum absolute atomic E-state index is 0.0207. The second kappa shape index (κ2) is 6.68. The zero-order chi connectivity index (χ0) is 18.3. The van der Waals surface area contributed by atoms with Gasteiger partial charge in [-0.1, -0.05) is 24.4 Å². The molecule has 0 radical (unpaired) electrons. The molecule has 1 aromatic carbocycles. The Kier molecular flexibility index (Phi) is 4.36. The van der Waals surface area contributed by atoms with E-state index in [4.69, 9.17) is 11.6 Å². The topological polar surface area (TPSA) is 101 Å². The molecule has 4 rings (SSSR count). The van der Waals surface area contributed by atoms with Gasteiger partial charge >= 0.3 is 5.97 Å². The molecular formula is C17H18ClN5O3. The summed E-state index contributed by atoms with van der Waals surface area (Å²) in [4.78, 5) is 26.4. The molecule has 2 aromatic rings. The van der Waals surface area contributed by atoms with Crippen LogP contribution >= 0.6 is 11.6 Å². The highest BCUT2D eigenvalue weighted by Crippen LogP contribution is 2.41. The van der Waals surface area contributed by atoms with Gasteiger partial charge in [0.1, 0.15) is 12.4 Å². The molecule has 1 aromatic heterocycles. The number of benzene rings is 1. The van der Waals surface area contributed by atoms with Gasteiger partial charge in [0, 0.05) is 6.04 Å². The van der Waals surface area contributed by atoms with E-state index in [2.05, 4.69) is 15.5 Å². The summed E-state index contributed by atoms with van der Waals surface area (Å²) in [5, 5.41) is 20.8. The summed E-state index contributed by atoms with van der Waals surface area (Å²) in [5.41, 5.74) is 0.935. The molecule has 2 fully saturated rings. The van der Waals surface area contributed by atoms with Gasteiger partial charge < -0.3 is 10.0 Å². The van der Waals surface area contributed by atoms with Crippen LogP contribution in [-0.2, 0) is 4.79 Å². The quantitative estimate of drug-likeness (QED) is 0.882. The lowest BCUT2D eigenvalue weighted by molar-refractivity contribution is -0.141. The highest BCUT2D eigenvalue weighted by atomic mass is 35.5. The number of amides is 1. The Balaban J connectivity index is 1.66. The molecule has 1 saturated heterocycles. The van der Waals surface area contributed by atoms with Gasteiger partial charge in [-0.05, 0) is 53.8 Å². The Hall–Kier alpha value is -2.48. The van der Waals surface area contributed by atoms with Crippen molar-refractivity contribution >= 4 is 23.5 Å². The van der Waals surface area contributed by atoms with Crippen molar-refractivity contribution < 1.29 is 14.7 Å². The number of nitrogens with zero attached hydrogens (tertiary/aromatic N) is 5. The molecule has 3 unspecified atom stereocenters. The first kappa shape index (κ1) is 17.0. The molecular weight excluding hydrogens is 358 g/mol. The Labute approximate surface area is 154 Å². The first-order chi connectivity index (χ1) is 12.6. The fourth-order valence-corrected chi connectivity index (χ4v) is 4.47. The van der Waals surface area contributed by atoms with E-state index < -0.39 is 12.0 Å². The monoisotopic (exact) mass is 375 g/mol. The van der Waals surface area contributed by atoms with Crippen molar-refractivity contribution in [1.82, 2.24) is 25.1 Å². The summed E-state index contributed by atoms with van der Waals surface area (Å²) in [5.74, 6) is -1.01. The standard InChI is InChI=1S/C17H18ClN5O3/c18-13-8-11(22-9-19-20-21-22)5-6-12(13)16(24)23-14-4-2-1-3-10(14)7-15(23)17(25)26/h5-6,8-10,14-15H,1-4,7H2,(H,25,26). The second-order valence-corrected chi connectivity index (χ2v) is 7.24. The molecule has 0 bridgehead atoms. The number of fused-ring (bicyclic) bond motifs is 1. The van der Waals surface area contributed by atoms with Crippen LogP contribution in [0.4, 0.5) is 0 Å². The van der Waals surface area contributed by atoms with E-state index in [1.165, 1.54) is 11.0 Å². The number of hydrogen-bond donors (Lipinski definition) is 1. The summed E-state index contributed by atoms with van der Waals surface area (Å²) in [7, 11) is 0. The number of carboxylic acids is 1. The number of carbonyl (C=O) groups excluding carboxylic acids is 1. The number of carbonyl (C=O) groups is 2. The zero-order valence-electron chi connectivity index (χ0n) is 14.0. The fourth-order valence-electron chi connectivity index (χ4n) is 4.21. The minimum Gasteiger partial charge on any atom is -0.480 e. The molecule has 3 atom stereocenters. The van der Waals surface area contributed by atoms with Crippen LogP contribution < -0.4 is 0 Å². The van der Waals surface area contributed by atoms with E-state index in [0.717, 1.165) is 25.7 Å². The lowest BCUT2D eigenvalue weighted by Crippen LogP contribution is -2.46. The number of likely N-dealkylation sites (tertiary alicyclic amines) is 1. The van der Waals surface area contributed by atoms with Crippen LogP contribution in [0.15, 0.2) is 24.5 Å². The summed E-state index contributed by atoms with van der Waals surface area (Å²) in [6.45, 7) is 0. The van der Waals surface area contributed by atoms with Crippen molar-refractivity contribution in [3.05, 3.63) is 35.1 Å². The van der Waals surface area contributed by atoms with E-state index in [1.54, 1.807) is 23.1 Å². The van der Waals surface area contributed by atoms with Crippen molar-refractivity contribution in [3.8, 4) is 5.69 Å². The molecule has 0 spiro atoms. The first-order valence-electron chi connectivity index (χ1n) is 8.64. The van der Waals surface area contributed by atoms with Crippen molar-refractivity contribution in [1.29, 1.82) is 0 Å². The molecule has 8 nitrogen and oxygen atoms in total. The number of aliphatic carboxylic acids is 1. The van der Waals surface area contributed by atoms with Crippen LogP contribution in [0.3, 0.4) is 0 Å². The van der Waals surface area contributed by atoms with E-state index in [9.17, 15) is 14.7 Å². The average Bonchev–Trinajstić information content (AvgIpc) is 3.29. The SMILES string of the molecule is O=C(O)C1CC2CCCCC2N1C(=O)c1ccc(-n2cnnn2)cc1Cl. The van der Waals surface area contributed by atoms with E-state index in [0.29, 0.717) is 17.7 Å². The van der Waals surface area contributed by atoms with Crippen LogP contribution in [0, 0.1) is 5.92 Å². The van der Waals surface area contributed by atoms with Crippen molar-refractivity contribution in [2.75, 3.05) is 0 Å². The van der Waals surface area contributed by atoms with Gasteiger partial charge in [-0.25, -0.2) is 9.48 Å². The maximum atomic E-state index is 13.2. The van der Waals surface area contributed by atoms with Crippen LogP contribution in [0.1, 0.15) is 42.5 Å². The maximum absolute atomic E-state index is 13.2. The summed E-state index contributed by atoms with van der Waals surface area (Å²) in [6, 6.07) is 4.10. The lowest BCUT2D eigenvalue weighted by atomic mass is 9.84. The Morgan fingerprint density at radius 3 is 2.73 bits per heavy atom. The third-order valence-electron chi connectivity index (χ3n) is 5.40. The highest BCUT2D eigenvalue weighted by Gasteiger charge is 2.47. The lowest BCUT2D eigenvalue weighted by Gasteiger charge is -2.33. The van der Waals surface area contributed by atoms with Gasteiger partial charge in [0.05, 0.1) is 16.3 Å². The normalized spacial score (nSPS) is 25.1. The first-order valence-corrected chi connectivity index (χ1v) is 9.02. The average molecular weight is 376 g/mol. The Morgan fingerprint density at radius 2 is 2.04 bits per heavy atom. The van der Waals surface area contributed by atoms with Gasteiger partial charge in [0.2, 0.25) is 0 Å². The minimum atomic E-state index is -0.950. The van der Waals surface area contributed by atoms with E-state index >= 15 is 0 Å². The predicted octanol–water partition coefficient (Wildman–Crippen LogP) is 2.17. The van der Waals surface area contributed by atoms with Gasteiger partial charge in [-0.2, -0.15) is 0 Å². The number of tetrazole rings is 1. The molecule has 1 aliphatic carbocycles. The predicted molar refractivity (Wildman–Crippen MR) is 92.1 cm³/mol. The smallest absolute Gasteiger partial charge is 0.326 e. The summed E-state index contributed by atoms with van der Waals surface area (Å²) in [6.07, 6.45) is 5.89. The molecule has 1 N–H and O–H groups in total. The largest absolute Gasteiger partial charge is 0.480 e. The maximum Gasteiger partial charge on any atom is 0.326 e. The number of halogens is 1. The van der Waals surface area contributed by atoms with Gasteiger partial charge in [0.25, 0.3) is 5.91 Å². The molecule has 1 saturated carbocycles. The second-order valence-electron chi connectivity index (χ2n) is 6.83. The van der Waals surface area contributed by atoms with Crippen LogP contribution in [-0.4, -0.2) is 54.2 Å². The van der Waals surface area contributed by atoms with Crippen molar-refractivity contribution in [2.24, 2.45) is 5.92 Å².